The number of carbonyl (C=O) groups excluding carboxylic acids is 1. The van der Waals surface area contributed by atoms with E-state index in [0.717, 1.165) is 38.3 Å². The summed E-state index contributed by atoms with van der Waals surface area (Å²) in [5.41, 5.74) is 1.39. The van der Waals surface area contributed by atoms with Gasteiger partial charge >= 0.3 is 0 Å². The molecule has 8 heteroatoms. The van der Waals surface area contributed by atoms with E-state index in [1.165, 1.54) is 4.31 Å². The molecule has 1 amide bonds. The summed E-state index contributed by atoms with van der Waals surface area (Å²) in [6.45, 7) is 10.9. The molecule has 1 unspecified atom stereocenters. The number of hydrogen-bond acceptors (Lipinski definition) is 5. The molecule has 0 aromatic heterocycles. The number of hydrogen-bond donors (Lipinski definition) is 1. The number of nitrogens with one attached hydrogen (secondary N) is 1. The fraction of sp³-hybridized carbons (Fsp3) is 0.458. The lowest BCUT2D eigenvalue weighted by Gasteiger charge is -2.33. The molecule has 1 heterocycles. The Balaban J connectivity index is 1.80. The fourth-order valence-corrected chi connectivity index (χ4v) is 5.60. The molecule has 1 saturated heterocycles. The number of amides is 1. The van der Waals surface area contributed by atoms with E-state index in [0.29, 0.717) is 18.8 Å². The predicted molar refractivity (Wildman–Crippen MR) is 128 cm³/mol. The van der Waals surface area contributed by atoms with Crippen molar-refractivity contribution in [2.75, 3.05) is 51.1 Å². The predicted octanol–water partition coefficient (Wildman–Crippen LogP) is 3.03. The Kier molecular flexibility index (Phi) is 8.42. The number of piperazine rings is 1. The standard InChI is InChI=1S/C24H34N4O3S/c1-4-26-15-17-28(18-16-26)32(30,31)22-14-10-13-21(19-22)25-24(29)23(27(5-2)6-3)20-11-8-7-9-12-20/h7-14,19,23H,4-6,15-18H2,1-3H3,(H,25,29). The Bertz CT molecular complexity index is 985. The van der Waals surface area contributed by atoms with E-state index in [4.69, 9.17) is 0 Å². The lowest BCUT2D eigenvalue weighted by molar-refractivity contribution is -0.121. The van der Waals surface area contributed by atoms with Crippen LogP contribution in [0.3, 0.4) is 0 Å². The summed E-state index contributed by atoms with van der Waals surface area (Å²) in [5, 5.41) is 2.95. The van der Waals surface area contributed by atoms with Gasteiger partial charge in [0.2, 0.25) is 15.9 Å². The molecule has 174 valence electrons. The highest BCUT2D eigenvalue weighted by atomic mass is 32.2. The molecule has 1 aliphatic heterocycles. The van der Waals surface area contributed by atoms with Gasteiger partial charge in [-0.3, -0.25) is 9.69 Å². The number of anilines is 1. The van der Waals surface area contributed by atoms with E-state index in [1.807, 2.05) is 44.2 Å². The van der Waals surface area contributed by atoms with Crippen molar-refractivity contribution in [2.45, 2.75) is 31.7 Å². The van der Waals surface area contributed by atoms with Crippen molar-refractivity contribution in [3.8, 4) is 0 Å². The highest BCUT2D eigenvalue weighted by molar-refractivity contribution is 7.89. The molecule has 1 N–H and O–H groups in total. The summed E-state index contributed by atoms with van der Waals surface area (Å²) in [5.74, 6) is -0.175. The molecular formula is C24H34N4O3S. The Morgan fingerprint density at radius 1 is 0.969 bits per heavy atom. The van der Waals surface area contributed by atoms with Crippen molar-refractivity contribution < 1.29 is 13.2 Å². The number of benzene rings is 2. The molecule has 0 saturated carbocycles. The van der Waals surface area contributed by atoms with Gasteiger partial charge in [0.15, 0.2) is 0 Å². The quantitative estimate of drug-likeness (QED) is 0.625. The van der Waals surface area contributed by atoms with E-state index < -0.39 is 16.1 Å². The van der Waals surface area contributed by atoms with Crippen molar-refractivity contribution in [3.63, 3.8) is 0 Å². The molecule has 1 fully saturated rings. The normalized spacial score (nSPS) is 16.8. The minimum Gasteiger partial charge on any atom is -0.324 e. The average Bonchev–Trinajstić information content (AvgIpc) is 2.83. The van der Waals surface area contributed by atoms with Crippen LogP contribution in [-0.2, 0) is 14.8 Å². The van der Waals surface area contributed by atoms with Gasteiger partial charge in [-0.05, 0) is 43.4 Å². The van der Waals surface area contributed by atoms with Crippen molar-refractivity contribution in [1.82, 2.24) is 14.1 Å². The molecule has 1 atom stereocenters. The topological polar surface area (TPSA) is 73.0 Å². The van der Waals surface area contributed by atoms with Gasteiger partial charge in [-0.1, -0.05) is 57.2 Å². The van der Waals surface area contributed by atoms with Crippen molar-refractivity contribution in [1.29, 1.82) is 0 Å². The molecule has 32 heavy (non-hydrogen) atoms. The number of carbonyl (C=O) groups is 1. The van der Waals surface area contributed by atoms with Gasteiger partial charge in [0.25, 0.3) is 0 Å². The van der Waals surface area contributed by atoms with Crippen LogP contribution >= 0.6 is 0 Å². The number of likely N-dealkylation sites (N-methyl/N-ethyl adjacent to an activating group) is 2. The van der Waals surface area contributed by atoms with Crippen LogP contribution in [0.25, 0.3) is 0 Å². The molecular weight excluding hydrogens is 424 g/mol. The minimum absolute atomic E-state index is 0.175. The second-order valence-electron chi connectivity index (χ2n) is 7.89. The maximum Gasteiger partial charge on any atom is 0.246 e. The van der Waals surface area contributed by atoms with Gasteiger partial charge in [-0.25, -0.2) is 8.42 Å². The lowest BCUT2D eigenvalue weighted by Crippen LogP contribution is -2.48. The van der Waals surface area contributed by atoms with Crippen LogP contribution in [-0.4, -0.2) is 74.2 Å². The number of nitrogens with zero attached hydrogens (tertiary/aromatic N) is 3. The van der Waals surface area contributed by atoms with Crippen LogP contribution in [0.5, 0.6) is 0 Å². The first-order valence-electron chi connectivity index (χ1n) is 11.3. The minimum atomic E-state index is -3.61. The van der Waals surface area contributed by atoms with Gasteiger partial charge < -0.3 is 10.2 Å². The smallest absolute Gasteiger partial charge is 0.246 e. The van der Waals surface area contributed by atoms with E-state index in [1.54, 1.807) is 24.3 Å². The van der Waals surface area contributed by atoms with Crippen LogP contribution in [0.4, 0.5) is 5.69 Å². The van der Waals surface area contributed by atoms with Gasteiger partial charge in [0.05, 0.1) is 4.90 Å². The molecule has 7 nitrogen and oxygen atoms in total. The molecule has 2 aromatic carbocycles. The Hall–Kier alpha value is -2.26. The van der Waals surface area contributed by atoms with Gasteiger partial charge in [0, 0.05) is 31.9 Å². The van der Waals surface area contributed by atoms with E-state index in [9.17, 15) is 13.2 Å². The Morgan fingerprint density at radius 2 is 1.62 bits per heavy atom. The molecule has 3 rings (SSSR count). The highest BCUT2D eigenvalue weighted by Crippen LogP contribution is 2.25. The van der Waals surface area contributed by atoms with Gasteiger partial charge in [-0.15, -0.1) is 0 Å². The third kappa shape index (κ3) is 5.56. The molecule has 0 radical (unpaired) electrons. The largest absolute Gasteiger partial charge is 0.324 e. The van der Waals surface area contributed by atoms with Gasteiger partial charge in [-0.2, -0.15) is 4.31 Å². The molecule has 0 spiro atoms. The van der Waals surface area contributed by atoms with Crippen molar-refractivity contribution in [3.05, 3.63) is 60.2 Å². The van der Waals surface area contributed by atoms with Crippen LogP contribution in [0.15, 0.2) is 59.5 Å². The molecule has 2 aromatic rings. The van der Waals surface area contributed by atoms with Crippen molar-refractivity contribution in [2.24, 2.45) is 0 Å². The molecule has 0 bridgehead atoms. The van der Waals surface area contributed by atoms with Crippen LogP contribution < -0.4 is 5.32 Å². The summed E-state index contributed by atoms with van der Waals surface area (Å²) in [6.07, 6.45) is 0. The first-order chi connectivity index (χ1) is 15.4. The Labute approximate surface area is 192 Å². The maximum atomic E-state index is 13.3. The van der Waals surface area contributed by atoms with Crippen LogP contribution in [0.2, 0.25) is 0 Å². The van der Waals surface area contributed by atoms with E-state index in [2.05, 4.69) is 22.0 Å². The fourth-order valence-electron chi connectivity index (χ4n) is 4.13. The van der Waals surface area contributed by atoms with Crippen molar-refractivity contribution >= 4 is 21.6 Å². The lowest BCUT2D eigenvalue weighted by atomic mass is 10.0. The van der Waals surface area contributed by atoms with Crippen LogP contribution in [0, 0.1) is 0 Å². The summed E-state index contributed by atoms with van der Waals surface area (Å²) in [4.78, 5) is 17.8. The average molecular weight is 459 g/mol. The summed E-state index contributed by atoms with van der Waals surface area (Å²) >= 11 is 0. The molecule has 1 aliphatic rings. The summed E-state index contributed by atoms with van der Waals surface area (Å²) in [7, 11) is -3.61. The number of rotatable bonds is 9. The van der Waals surface area contributed by atoms with E-state index in [-0.39, 0.29) is 10.8 Å². The van der Waals surface area contributed by atoms with Crippen LogP contribution in [0.1, 0.15) is 32.4 Å². The molecule has 0 aliphatic carbocycles. The second-order valence-corrected chi connectivity index (χ2v) is 9.83. The monoisotopic (exact) mass is 458 g/mol. The van der Waals surface area contributed by atoms with Gasteiger partial charge in [0.1, 0.15) is 6.04 Å². The third-order valence-corrected chi connectivity index (χ3v) is 7.95. The Morgan fingerprint density at radius 3 is 2.22 bits per heavy atom. The summed E-state index contributed by atoms with van der Waals surface area (Å²) < 4.78 is 27.9. The third-order valence-electron chi connectivity index (χ3n) is 6.06. The second kappa shape index (κ2) is 11.0. The maximum absolute atomic E-state index is 13.3. The highest BCUT2D eigenvalue weighted by Gasteiger charge is 2.29. The zero-order valence-corrected chi connectivity index (χ0v) is 20.0. The number of sulfonamides is 1. The first kappa shape index (κ1) is 24.4. The first-order valence-corrected chi connectivity index (χ1v) is 12.8. The zero-order valence-electron chi connectivity index (χ0n) is 19.2. The van der Waals surface area contributed by atoms with E-state index >= 15 is 0 Å². The SMILES string of the molecule is CCN1CCN(S(=O)(=O)c2cccc(NC(=O)C(c3ccccc3)N(CC)CC)c2)CC1. The zero-order chi connectivity index (χ0) is 23.1. The summed E-state index contributed by atoms with van der Waals surface area (Å²) in [6, 6.07) is 15.8.